The summed E-state index contributed by atoms with van der Waals surface area (Å²) in [6.45, 7) is 2.01. The number of halogens is 1. The van der Waals surface area contributed by atoms with Gasteiger partial charge in [0.15, 0.2) is 0 Å². The molecule has 1 heterocycles. The number of aromatic nitrogens is 2. The van der Waals surface area contributed by atoms with Crippen LogP contribution < -0.4 is 5.32 Å². The fourth-order valence-electron chi connectivity index (χ4n) is 1.66. The molecule has 0 aliphatic carbocycles. The van der Waals surface area contributed by atoms with E-state index in [9.17, 15) is 4.79 Å². The van der Waals surface area contributed by atoms with Gasteiger partial charge in [0.1, 0.15) is 5.69 Å². The Labute approximate surface area is 114 Å². The minimum absolute atomic E-state index is 0.156. The summed E-state index contributed by atoms with van der Waals surface area (Å²) in [6, 6.07) is 9.32. The van der Waals surface area contributed by atoms with Crippen LogP contribution in [0.5, 0.6) is 0 Å². The molecule has 1 aromatic heterocycles. The van der Waals surface area contributed by atoms with Crippen molar-refractivity contribution in [1.29, 1.82) is 0 Å². The van der Waals surface area contributed by atoms with Gasteiger partial charge in [-0.25, -0.2) is 0 Å². The molecular weight excluding hydrogens is 294 g/mol. The monoisotopic (exact) mass is 307 g/mol. The molecule has 0 fully saturated rings. The number of rotatable bonds is 3. The zero-order valence-electron chi connectivity index (χ0n) is 10.3. The molecule has 0 bridgehead atoms. The summed E-state index contributed by atoms with van der Waals surface area (Å²) in [6.07, 6.45) is 0.816. The molecule has 94 valence electrons. The van der Waals surface area contributed by atoms with Crippen LogP contribution in [0, 0.1) is 0 Å². The molecule has 1 amide bonds. The van der Waals surface area contributed by atoms with Crippen molar-refractivity contribution in [2.24, 2.45) is 7.05 Å². The first-order valence-corrected chi connectivity index (χ1v) is 6.50. The van der Waals surface area contributed by atoms with E-state index in [-0.39, 0.29) is 5.91 Å². The smallest absolute Gasteiger partial charge is 0.273 e. The average molecular weight is 308 g/mol. The van der Waals surface area contributed by atoms with Crippen LogP contribution in [-0.2, 0) is 13.5 Å². The highest BCUT2D eigenvalue weighted by atomic mass is 79.9. The molecule has 4 nitrogen and oxygen atoms in total. The van der Waals surface area contributed by atoms with Gasteiger partial charge >= 0.3 is 0 Å². The van der Waals surface area contributed by atoms with Crippen LogP contribution in [0.2, 0.25) is 0 Å². The van der Waals surface area contributed by atoms with Crippen LogP contribution >= 0.6 is 15.9 Å². The third-order valence-corrected chi connectivity index (χ3v) is 3.34. The Morgan fingerprint density at radius 3 is 2.78 bits per heavy atom. The lowest BCUT2D eigenvalue weighted by atomic mass is 10.2. The van der Waals surface area contributed by atoms with E-state index in [0.29, 0.717) is 5.69 Å². The van der Waals surface area contributed by atoms with Crippen molar-refractivity contribution in [3.63, 3.8) is 0 Å². The third kappa shape index (κ3) is 2.61. The molecule has 18 heavy (non-hydrogen) atoms. The quantitative estimate of drug-likeness (QED) is 0.947. The second kappa shape index (κ2) is 5.35. The first kappa shape index (κ1) is 12.8. The first-order chi connectivity index (χ1) is 8.61. The zero-order valence-corrected chi connectivity index (χ0v) is 11.9. The SMILES string of the molecule is CCc1cc(C(=O)Nc2ccccc2Br)n(C)n1. The number of carbonyl (C=O) groups excluding carboxylic acids is 1. The summed E-state index contributed by atoms with van der Waals surface area (Å²) in [5, 5.41) is 7.12. The van der Waals surface area contributed by atoms with E-state index in [1.165, 1.54) is 0 Å². The predicted molar refractivity (Wildman–Crippen MR) is 74.7 cm³/mol. The van der Waals surface area contributed by atoms with E-state index in [2.05, 4.69) is 26.3 Å². The van der Waals surface area contributed by atoms with Gasteiger partial charge in [-0.2, -0.15) is 5.10 Å². The van der Waals surface area contributed by atoms with Crippen LogP contribution in [0.15, 0.2) is 34.8 Å². The molecule has 0 saturated carbocycles. The fourth-order valence-corrected chi connectivity index (χ4v) is 2.04. The standard InChI is InChI=1S/C13H14BrN3O/c1-3-9-8-12(17(2)16-9)13(18)15-11-7-5-4-6-10(11)14/h4-8H,3H2,1-2H3,(H,15,18). The van der Waals surface area contributed by atoms with E-state index in [1.54, 1.807) is 11.7 Å². The molecule has 0 unspecified atom stereocenters. The van der Waals surface area contributed by atoms with Gasteiger partial charge in [0.2, 0.25) is 0 Å². The maximum atomic E-state index is 12.1. The maximum absolute atomic E-state index is 12.1. The summed E-state index contributed by atoms with van der Waals surface area (Å²) in [5.41, 5.74) is 2.22. The molecule has 0 saturated heterocycles. The van der Waals surface area contributed by atoms with Crippen molar-refractivity contribution in [2.45, 2.75) is 13.3 Å². The van der Waals surface area contributed by atoms with E-state index in [1.807, 2.05) is 37.3 Å². The van der Waals surface area contributed by atoms with Gasteiger partial charge in [0, 0.05) is 11.5 Å². The number of nitrogens with one attached hydrogen (secondary N) is 1. The van der Waals surface area contributed by atoms with Crippen molar-refractivity contribution in [1.82, 2.24) is 9.78 Å². The lowest BCUT2D eigenvalue weighted by Crippen LogP contribution is -2.16. The number of aryl methyl sites for hydroxylation is 2. The summed E-state index contributed by atoms with van der Waals surface area (Å²) in [4.78, 5) is 12.1. The van der Waals surface area contributed by atoms with Crippen molar-refractivity contribution < 1.29 is 4.79 Å². The molecule has 0 radical (unpaired) electrons. The second-order valence-electron chi connectivity index (χ2n) is 3.93. The number of carbonyl (C=O) groups is 1. The van der Waals surface area contributed by atoms with Crippen LogP contribution in [0.1, 0.15) is 23.1 Å². The Balaban J connectivity index is 2.22. The minimum atomic E-state index is -0.156. The summed E-state index contributed by atoms with van der Waals surface area (Å²) >= 11 is 3.40. The number of anilines is 1. The van der Waals surface area contributed by atoms with Gasteiger partial charge in [-0.05, 0) is 40.5 Å². The normalized spacial score (nSPS) is 10.4. The van der Waals surface area contributed by atoms with E-state index in [4.69, 9.17) is 0 Å². The number of hydrogen-bond acceptors (Lipinski definition) is 2. The molecule has 1 aromatic carbocycles. The number of hydrogen-bond donors (Lipinski definition) is 1. The highest BCUT2D eigenvalue weighted by molar-refractivity contribution is 9.10. The Bertz CT molecular complexity index is 577. The molecule has 0 atom stereocenters. The molecule has 0 aliphatic rings. The van der Waals surface area contributed by atoms with Crippen LogP contribution in [0.3, 0.4) is 0 Å². The van der Waals surface area contributed by atoms with Gasteiger partial charge in [-0.15, -0.1) is 0 Å². The molecule has 0 aliphatic heterocycles. The molecule has 1 N–H and O–H groups in total. The van der Waals surface area contributed by atoms with Crippen molar-refractivity contribution in [3.8, 4) is 0 Å². The topological polar surface area (TPSA) is 46.9 Å². The Morgan fingerprint density at radius 2 is 2.17 bits per heavy atom. The largest absolute Gasteiger partial charge is 0.320 e. The summed E-state index contributed by atoms with van der Waals surface area (Å²) in [5.74, 6) is -0.156. The molecule has 2 aromatic rings. The Hall–Kier alpha value is -1.62. The lowest BCUT2D eigenvalue weighted by Gasteiger charge is -2.06. The predicted octanol–water partition coefficient (Wildman–Crippen LogP) is 3.00. The molecule has 0 spiro atoms. The Kier molecular flexibility index (Phi) is 3.81. The molecular formula is C13H14BrN3O. The van der Waals surface area contributed by atoms with Gasteiger partial charge in [-0.3, -0.25) is 9.48 Å². The zero-order chi connectivity index (χ0) is 13.1. The highest BCUT2D eigenvalue weighted by Gasteiger charge is 2.13. The second-order valence-corrected chi connectivity index (χ2v) is 4.79. The number of para-hydroxylation sites is 1. The van der Waals surface area contributed by atoms with Crippen molar-refractivity contribution in [2.75, 3.05) is 5.32 Å². The number of amides is 1. The lowest BCUT2D eigenvalue weighted by molar-refractivity contribution is 0.101. The van der Waals surface area contributed by atoms with E-state index < -0.39 is 0 Å². The van der Waals surface area contributed by atoms with Crippen molar-refractivity contribution in [3.05, 3.63) is 46.2 Å². The van der Waals surface area contributed by atoms with E-state index >= 15 is 0 Å². The highest BCUT2D eigenvalue weighted by Crippen LogP contribution is 2.21. The molecule has 5 heteroatoms. The minimum Gasteiger partial charge on any atom is -0.320 e. The van der Waals surface area contributed by atoms with Gasteiger partial charge in [0.25, 0.3) is 5.91 Å². The average Bonchev–Trinajstić information content (AvgIpc) is 2.73. The Morgan fingerprint density at radius 1 is 1.44 bits per heavy atom. The van der Waals surface area contributed by atoms with Crippen LogP contribution in [0.25, 0.3) is 0 Å². The van der Waals surface area contributed by atoms with Crippen LogP contribution in [0.4, 0.5) is 5.69 Å². The maximum Gasteiger partial charge on any atom is 0.273 e. The number of benzene rings is 1. The van der Waals surface area contributed by atoms with E-state index in [0.717, 1.165) is 22.3 Å². The van der Waals surface area contributed by atoms with Crippen LogP contribution in [-0.4, -0.2) is 15.7 Å². The summed E-state index contributed by atoms with van der Waals surface area (Å²) < 4.78 is 2.46. The first-order valence-electron chi connectivity index (χ1n) is 5.70. The number of nitrogens with zero attached hydrogens (tertiary/aromatic N) is 2. The van der Waals surface area contributed by atoms with Gasteiger partial charge < -0.3 is 5.32 Å². The fraction of sp³-hybridized carbons (Fsp3) is 0.231. The van der Waals surface area contributed by atoms with Crippen molar-refractivity contribution >= 4 is 27.5 Å². The van der Waals surface area contributed by atoms with Gasteiger partial charge in [0.05, 0.1) is 11.4 Å². The van der Waals surface area contributed by atoms with Gasteiger partial charge in [-0.1, -0.05) is 19.1 Å². The molecule has 2 rings (SSSR count). The summed E-state index contributed by atoms with van der Waals surface area (Å²) in [7, 11) is 1.77. The third-order valence-electron chi connectivity index (χ3n) is 2.65.